The van der Waals surface area contributed by atoms with Crippen LogP contribution in [0.25, 0.3) is 12.2 Å². The number of aromatic nitrogens is 2. The van der Waals surface area contributed by atoms with E-state index in [1.54, 1.807) is 0 Å². The quantitative estimate of drug-likeness (QED) is 0.692. The zero-order chi connectivity index (χ0) is 11.4. The van der Waals surface area contributed by atoms with Crippen molar-refractivity contribution in [2.24, 2.45) is 14.1 Å². The summed E-state index contributed by atoms with van der Waals surface area (Å²) in [4.78, 5) is 0. The Hall–Kier alpha value is -1.96. The maximum Gasteiger partial charge on any atom is 0.0404 e. The van der Waals surface area contributed by atoms with Gasteiger partial charge in [0.1, 0.15) is 0 Å². The first-order valence-corrected chi connectivity index (χ1v) is 5.35. The molecular formula is C14H16N2. The van der Waals surface area contributed by atoms with Crippen molar-refractivity contribution in [3.8, 4) is 0 Å². The van der Waals surface area contributed by atoms with Crippen molar-refractivity contribution in [1.82, 2.24) is 9.13 Å². The van der Waals surface area contributed by atoms with E-state index in [9.17, 15) is 0 Å². The first-order valence-electron chi connectivity index (χ1n) is 5.35. The van der Waals surface area contributed by atoms with Gasteiger partial charge in [-0.25, -0.2) is 0 Å². The minimum Gasteiger partial charge on any atom is -0.351 e. The van der Waals surface area contributed by atoms with Gasteiger partial charge in [-0.3, -0.25) is 0 Å². The van der Waals surface area contributed by atoms with Crippen LogP contribution in [0.1, 0.15) is 11.4 Å². The van der Waals surface area contributed by atoms with Crippen LogP contribution >= 0.6 is 0 Å². The molecule has 0 unspecified atom stereocenters. The molecule has 2 aromatic rings. The van der Waals surface area contributed by atoms with Gasteiger partial charge in [-0.1, -0.05) is 12.2 Å². The molecule has 0 aliphatic carbocycles. The Morgan fingerprint density at radius 1 is 0.812 bits per heavy atom. The Morgan fingerprint density at radius 2 is 1.25 bits per heavy atom. The van der Waals surface area contributed by atoms with Gasteiger partial charge in [0.25, 0.3) is 0 Å². The minimum atomic E-state index is 1.21. The lowest BCUT2D eigenvalue weighted by Gasteiger charge is -1.95. The third-order valence-corrected chi connectivity index (χ3v) is 2.61. The van der Waals surface area contributed by atoms with Crippen LogP contribution in [0.5, 0.6) is 0 Å². The molecule has 0 aliphatic heterocycles. The predicted octanol–water partition coefficient (Wildman–Crippen LogP) is 3.09. The molecule has 82 valence electrons. The highest BCUT2D eigenvalue weighted by Crippen LogP contribution is 2.04. The van der Waals surface area contributed by atoms with E-state index in [4.69, 9.17) is 0 Å². The van der Waals surface area contributed by atoms with Crippen molar-refractivity contribution < 1.29 is 0 Å². The highest BCUT2D eigenvalue weighted by molar-refractivity contribution is 5.54. The third kappa shape index (κ3) is 2.34. The van der Waals surface area contributed by atoms with Crippen LogP contribution in [0, 0.1) is 0 Å². The van der Waals surface area contributed by atoms with E-state index in [1.807, 2.05) is 38.6 Å². The highest BCUT2D eigenvalue weighted by Gasteiger charge is 1.89. The van der Waals surface area contributed by atoms with Crippen molar-refractivity contribution in [2.45, 2.75) is 0 Å². The van der Waals surface area contributed by atoms with Crippen molar-refractivity contribution in [2.75, 3.05) is 0 Å². The molecule has 2 heteroatoms. The van der Waals surface area contributed by atoms with Crippen LogP contribution in [0.15, 0.2) is 48.8 Å². The zero-order valence-electron chi connectivity index (χ0n) is 9.67. The van der Waals surface area contributed by atoms with Gasteiger partial charge in [-0.05, 0) is 36.4 Å². The van der Waals surface area contributed by atoms with E-state index >= 15 is 0 Å². The van der Waals surface area contributed by atoms with Crippen molar-refractivity contribution in [3.63, 3.8) is 0 Å². The van der Waals surface area contributed by atoms with Crippen molar-refractivity contribution in [3.05, 3.63) is 60.2 Å². The Morgan fingerprint density at radius 3 is 1.56 bits per heavy atom. The van der Waals surface area contributed by atoms with Crippen LogP contribution in [0.3, 0.4) is 0 Å². The van der Waals surface area contributed by atoms with Crippen molar-refractivity contribution in [1.29, 1.82) is 0 Å². The number of allylic oxidation sites excluding steroid dienone is 2. The monoisotopic (exact) mass is 212 g/mol. The molecule has 0 saturated heterocycles. The van der Waals surface area contributed by atoms with Gasteiger partial charge in [0.05, 0.1) is 0 Å². The van der Waals surface area contributed by atoms with Gasteiger partial charge < -0.3 is 9.13 Å². The molecule has 2 rings (SSSR count). The van der Waals surface area contributed by atoms with Crippen LogP contribution in [0.2, 0.25) is 0 Å². The fourth-order valence-corrected chi connectivity index (χ4v) is 1.60. The van der Waals surface area contributed by atoms with Gasteiger partial charge >= 0.3 is 0 Å². The predicted molar refractivity (Wildman–Crippen MR) is 68.9 cm³/mol. The summed E-state index contributed by atoms with van der Waals surface area (Å²) in [6.45, 7) is 0. The van der Waals surface area contributed by atoms with E-state index in [0.29, 0.717) is 0 Å². The standard InChI is InChI=1S/C14H16N2/c1-15-11-5-9-13(15)7-3-4-8-14-10-6-12-16(14)2/h3-12H,1-2H3. The fraction of sp³-hybridized carbons (Fsp3) is 0.143. The molecule has 2 aromatic heterocycles. The number of nitrogens with zero attached hydrogens (tertiary/aromatic N) is 2. The molecular weight excluding hydrogens is 196 g/mol. The van der Waals surface area contributed by atoms with E-state index in [0.717, 1.165) is 0 Å². The summed E-state index contributed by atoms with van der Waals surface area (Å²) < 4.78 is 4.18. The van der Waals surface area contributed by atoms with Crippen LogP contribution in [0.4, 0.5) is 0 Å². The molecule has 2 heterocycles. The molecule has 0 aromatic carbocycles. The average molecular weight is 212 g/mol. The molecule has 0 N–H and O–H groups in total. The van der Waals surface area contributed by atoms with Crippen LogP contribution in [-0.2, 0) is 14.1 Å². The smallest absolute Gasteiger partial charge is 0.0404 e. The largest absolute Gasteiger partial charge is 0.351 e. The molecule has 0 saturated carbocycles. The maximum absolute atomic E-state index is 2.10. The first kappa shape index (κ1) is 10.6. The summed E-state index contributed by atoms with van der Waals surface area (Å²) in [5.41, 5.74) is 2.41. The van der Waals surface area contributed by atoms with Crippen LogP contribution in [-0.4, -0.2) is 9.13 Å². The lowest BCUT2D eigenvalue weighted by atomic mass is 10.3. The van der Waals surface area contributed by atoms with Gasteiger partial charge in [0.15, 0.2) is 0 Å². The lowest BCUT2D eigenvalue weighted by molar-refractivity contribution is 0.914. The number of hydrogen-bond donors (Lipinski definition) is 0. The second kappa shape index (κ2) is 4.71. The zero-order valence-corrected chi connectivity index (χ0v) is 9.67. The van der Waals surface area contributed by atoms with E-state index < -0.39 is 0 Å². The van der Waals surface area contributed by atoms with Gasteiger partial charge in [-0.2, -0.15) is 0 Å². The Bertz CT molecular complexity index is 464. The molecule has 0 spiro atoms. The van der Waals surface area contributed by atoms with Gasteiger partial charge in [0, 0.05) is 37.9 Å². The van der Waals surface area contributed by atoms with E-state index in [-0.39, 0.29) is 0 Å². The van der Waals surface area contributed by atoms with Gasteiger partial charge in [0.2, 0.25) is 0 Å². The van der Waals surface area contributed by atoms with E-state index in [1.165, 1.54) is 11.4 Å². The summed E-state index contributed by atoms with van der Waals surface area (Å²) in [5.74, 6) is 0. The molecule has 0 fully saturated rings. The number of hydrogen-bond acceptors (Lipinski definition) is 0. The topological polar surface area (TPSA) is 9.86 Å². The SMILES string of the molecule is Cn1cccc1C=CC=Cc1cccn1C. The summed E-state index contributed by atoms with van der Waals surface area (Å²) in [6.07, 6.45) is 12.4. The first-order chi connectivity index (χ1) is 7.77. The molecule has 16 heavy (non-hydrogen) atoms. The van der Waals surface area contributed by atoms with Crippen LogP contribution < -0.4 is 0 Å². The summed E-state index contributed by atoms with van der Waals surface area (Å²) in [5, 5.41) is 0. The summed E-state index contributed by atoms with van der Waals surface area (Å²) in [7, 11) is 4.08. The lowest BCUT2D eigenvalue weighted by Crippen LogP contribution is -1.86. The van der Waals surface area contributed by atoms with Gasteiger partial charge in [-0.15, -0.1) is 0 Å². The molecule has 2 nitrogen and oxygen atoms in total. The second-order valence-electron chi connectivity index (χ2n) is 3.81. The normalized spacial score (nSPS) is 11.9. The third-order valence-electron chi connectivity index (χ3n) is 2.61. The summed E-state index contributed by atoms with van der Waals surface area (Å²) >= 11 is 0. The van der Waals surface area contributed by atoms with E-state index in [2.05, 4.69) is 45.6 Å². The second-order valence-corrected chi connectivity index (χ2v) is 3.81. The Balaban J connectivity index is 2.03. The molecule has 0 atom stereocenters. The molecule has 0 aliphatic rings. The fourth-order valence-electron chi connectivity index (χ4n) is 1.60. The Kier molecular flexibility index (Phi) is 3.10. The maximum atomic E-state index is 2.10. The van der Waals surface area contributed by atoms with Crippen molar-refractivity contribution >= 4 is 12.2 Å². The molecule has 0 radical (unpaired) electrons. The number of rotatable bonds is 3. The molecule has 0 amide bonds. The molecule has 0 bridgehead atoms. The Labute approximate surface area is 96.1 Å². The summed E-state index contributed by atoms with van der Waals surface area (Å²) in [6, 6.07) is 8.26. The average Bonchev–Trinajstić information content (AvgIpc) is 2.84. The number of aryl methyl sites for hydroxylation is 2. The minimum absolute atomic E-state index is 1.21. The highest BCUT2D eigenvalue weighted by atomic mass is 14.9.